The summed E-state index contributed by atoms with van der Waals surface area (Å²) in [5.74, 6) is -0.579. The highest BCUT2D eigenvalue weighted by atomic mass is 16.5. The van der Waals surface area contributed by atoms with Crippen molar-refractivity contribution in [1.82, 2.24) is 14.7 Å². The van der Waals surface area contributed by atoms with E-state index < -0.39 is 0 Å². The van der Waals surface area contributed by atoms with Crippen LogP contribution in [0.15, 0.2) is 48.7 Å². The van der Waals surface area contributed by atoms with Gasteiger partial charge in [0.2, 0.25) is 5.82 Å². The Bertz CT molecular complexity index is 932. The summed E-state index contributed by atoms with van der Waals surface area (Å²) < 4.78 is 6.54. The largest absolute Gasteiger partial charge is 0.383 e. The van der Waals surface area contributed by atoms with Gasteiger partial charge in [0.05, 0.1) is 12.1 Å². The van der Waals surface area contributed by atoms with E-state index in [-0.39, 0.29) is 23.3 Å². The van der Waals surface area contributed by atoms with E-state index in [9.17, 15) is 9.59 Å². The molecule has 1 aromatic carbocycles. The number of methoxy groups -OCH3 is 1. The number of pyridine rings is 1. The van der Waals surface area contributed by atoms with Crippen LogP contribution in [0.1, 0.15) is 26.7 Å². The predicted octanol–water partition coefficient (Wildman–Crippen LogP) is 2.27. The van der Waals surface area contributed by atoms with Crippen molar-refractivity contribution < 1.29 is 14.3 Å². The van der Waals surface area contributed by atoms with E-state index in [4.69, 9.17) is 4.74 Å². The molecule has 134 valence electrons. The van der Waals surface area contributed by atoms with Crippen molar-refractivity contribution in [3.8, 4) is 0 Å². The maximum absolute atomic E-state index is 12.7. The van der Waals surface area contributed by atoms with Crippen molar-refractivity contribution in [3.05, 3.63) is 65.7 Å². The highest BCUT2D eigenvalue weighted by Crippen LogP contribution is 2.15. The first-order chi connectivity index (χ1) is 12.6. The van der Waals surface area contributed by atoms with Gasteiger partial charge in [-0.05, 0) is 31.2 Å². The van der Waals surface area contributed by atoms with Gasteiger partial charge in [0.25, 0.3) is 11.8 Å². The number of hydrogen-bond acceptors (Lipinski definition) is 4. The number of aromatic nitrogens is 2. The first kappa shape index (κ1) is 17.6. The topological polar surface area (TPSA) is 84.7 Å². The second-order valence-corrected chi connectivity index (χ2v) is 5.81. The first-order valence-electron chi connectivity index (χ1n) is 8.22. The molecule has 2 heterocycles. The number of nitrogens with one attached hydrogen (secondary N) is 2. The lowest BCUT2D eigenvalue weighted by Gasteiger charge is -2.04. The van der Waals surface area contributed by atoms with E-state index in [0.29, 0.717) is 24.4 Å². The Morgan fingerprint density at radius 2 is 1.88 bits per heavy atom. The summed E-state index contributed by atoms with van der Waals surface area (Å²) >= 11 is 0. The van der Waals surface area contributed by atoms with Crippen molar-refractivity contribution in [1.29, 1.82) is 0 Å². The molecule has 0 fully saturated rings. The number of carbonyl (C=O) groups excluding carboxylic acids is 2. The van der Waals surface area contributed by atoms with Gasteiger partial charge in [0.15, 0.2) is 5.69 Å². The average Bonchev–Trinajstić information content (AvgIpc) is 3.04. The van der Waals surface area contributed by atoms with Crippen LogP contribution in [-0.4, -0.2) is 41.5 Å². The molecule has 7 nitrogen and oxygen atoms in total. The molecule has 0 saturated heterocycles. The molecule has 26 heavy (non-hydrogen) atoms. The second kappa shape index (κ2) is 7.79. The fourth-order valence-electron chi connectivity index (χ4n) is 2.54. The van der Waals surface area contributed by atoms with Gasteiger partial charge in [-0.3, -0.25) is 14.0 Å². The Morgan fingerprint density at radius 1 is 1.12 bits per heavy atom. The SMILES string of the molecule is COCCNC(=O)c1nc(C(=O)Nc2ccc(C)cc2)n2ccccc12. The molecule has 0 spiro atoms. The van der Waals surface area contributed by atoms with E-state index in [0.717, 1.165) is 5.56 Å². The molecule has 2 N–H and O–H groups in total. The Balaban J connectivity index is 1.89. The lowest BCUT2D eigenvalue weighted by Crippen LogP contribution is -2.27. The van der Waals surface area contributed by atoms with Crippen LogP contribution >= 0.6 is 0 Å². The minimum atomic E-state index is -0.383. The fraction of sp³-hybridized carbons (Fsp3) is 0.211. The molecule has 2 aromatic heterocycles. The van der Waals surface area contributed by atoms with Crippen LogP contribution < -0.4 is 10.6 Å². The maximum Gasteiger partial charge on any atom is 0.292 e. The van der Waals surface area contributed by atoms with Gasteiger partial charge >= 0.3 is 0 Å². The Labute approximate surface area is 151 Å². The minimum Gasteiger partial charge on any atom is -0.383 e. The summed E-state index contributed by atoms with van der Waals surface area (Å²) in [5, 5.41) is 5.54. The molecule has 0 atom stereocenters. The van der Waals surface area contributed by atoms with Crippen LogP contribution in [-0.2, 0) is 4.74 Å². The number of imidazole rings is 1. The zero-order valence-electron chi connectivity index (χ0n) is 14.7. The number of amides is 2. The summed E-state index contributed by atoms with van der Waals surface area (Å²) in [5.41, 5.74) is 2.54. The normalized spacial score (nSPS) is 10.7. The van der Waals surface area contributed by atoms with Gasteiger partial charge in [-0.15, -0.1) is 0 Å². The third-order valence-corrected chi connectivity index (χ3v) is 3.87. The Kier molecular flexibility index (Phi) is 5.28. The maximum atomic E-state index is 12.7. The average molecular weight is 352 g/mol. The van der Waals surface area contributed by atoms with Crippen molar-refractivity contribution in [2.45, 2.75) is 6.92 Å². The summed E-state index contributed by atoms with van der Waals surface area (Å²) in [7, 11) is 1.56. The summed E-state index contributed by atoms with van der Waals surface area (Å²) in [4.78, 5) is 29.3. The van der Waals surface area contributed by atoms with E-state index >= 15 is 0 Å². The number of aryl methyl sites for hydroxylation is 1. The highest BCUT2D eigenvalue weighted by molar-refractivity contribution is 6.06. The van der Waals surface area contributed by atoms with Gasteiger partial charge in [-0.25, -0.2) is 4.98 Å². The summed E-state index contributed by atoms with van der Waals surface area (Å²) in [6.45, 7) is 2.74. The number of nitrogens with zero attached hydrogens (tertiary/aromatic N) is 2. The molecular formula is C19H20N4O3. The number of ether oxygens (including phenoxy) is 1. The second-order valence-electron chi connectivity index (χ2n) is 5.81. The van der Waals surface area contributed by atoms with Crippen molar-refractivity contribution >= 4 is 23.0 Å². The van der Waals surface area contributed by atoms with Crippen LogP contribution in [0.5, 0.6) is 0 Å². The van der Waals surface area contributed by atoms with Gasteiger partial charge in [-0.2, -0.15) is 0 Å². The zero-order chi connectivity index (χ0) is 18.5. The van der Waals surface area contributed by atoms with Crippen LogP contribution in [0.2, 0.25) is 0 Å². The number of carbonyl (C=O) groups is 2. The smallest absolute Gasteiger partial charge is 0.292 e. The van der Waals surface area contributed by atoms with Gasteiger partial charge in [0, 0.05) is 25.5 Å². The van der Waals surface area contributed by atoms with Crippen LogP contribution in [0.25, 0.3) is 5.52 Å². The number of fused-ring (bicyclic) bond motifs is 1. The van der Waals surface area contributed by atoms with Crippen molar-refractivity contribution in [3.63, 3.8) is 0 Å². The molecule has 2 amide bonds. The van der Waals surface area contributed by atoms with Gasteiger partial charge in [0.1, 0.15) is 0 Å². The number of benzene rings is 1. The van der Waals surface area contributed by atoms with Crippen LogP contribution in [0.3, 0.4) is 0 Å². The predicted molar refractivity (Wildman–Crippen MR) is 98.5 cm³/mol. The standard InChI is InChI=1S/C19H20N4O3/c1-13-6-8-14(9-7-13)21-19(25)17-22-16(18(24)20-10-12-26-2)15-5-3-4-11-23(15)17/h3-9,11H,10,12H2,1-2H3,(H,20,24)(H,21,25). The van der Waals surface area contributed by atoms with Gasteiger partial charge in [-0.1, -0.05) is 23.8 Å². The number of hydrogen-bond donors (Lipinski definition) is 2. The number of anilines is 1. The molecular weight excluding hydrogens is 332 g/mol. The molecule has 3 aromatic rings. The first-order valence-corrected chi connectivity index (χ1v) is 8.22. The Morgan fingerprint density at radius 3 is 2.62 bits per heavy atom. The molecule has 0 saturated carbocycles. The molecule has 0 unspecified atom stereocenters. The minimum absolute atomic E-state index is 0.151. The lowest BCUT2D eigenvalue weighted by atomic mass is 10.2. The van der Waals surface area contributed by atoms with Crippen LogP contribution in [0.4, 0.5) is 5.69 Å². The van der Waals surface area contributed by atoms with Crippen LogP contribution in [0, 0.1) is 6.92 Å². The van der Waals surface area contributed by atoms with E-state index in [2.05, 4.69) is 15.6 Å². The molecule has 0 aliphatic carbocycles. The quantitative estimate of drug-likeness (QED) is 0.667. The van der Waals surface area contributed by atoms with E-state index in [1.165, 1.54) is 0 Å². The number of rotatable bonds is 6. The molecule has 7 heteroatoms. The molecule has 0 aliphatic heterocycles. The molecule has 0 bridgehead atoms. The van der Waals surface area contributed by atoms with Crippen molar-refractivity contribution in [2.24, 2.45) is 0 Å². The summed E-state index contributed by atoms with van der Waals surface area (Å²) in [6, 6.07) is 12.8. The zero-order valence-corrected chi connectivity index (χ0v) is 14.7. The van der Waals surface area contributed by atoms with E-state index in [1.54, 1.807) is 35.9 Å². The molecule has 0 radical (unpaired) electrons. The van der Waals surface area contributed by atoms with E-state index in [1.807, 2.05) is 31.2 Å². The molecule has 3 rings (SSSR count). The monoisotopic (exact) mass is 352 g/mol. The third kappa shape index (κ3) is 3.73. The molecule has 0 aliphatic rings. The van der Waals surface area contributed by atoms with Gasteiger partial charge < -0.3 is 15.4 Å². The fourth-order valence-corrected chi connectivity index (χ4v) is 2.54. The summed E-state index contributed by atoms with van der Waals surface area (Å²) in [6.07, 6.45) is 1.71. The highest BCUT2D eigenvalue weighted by Gasteiger charge is 2.21. The Hall–Kier alpha value is -3.19. The van der Waals surface area contributed by atoms with Crippen molar-refractivity contribution in [2.75, 3.05) is 25.6 Å². The lowest BCUT2D eigenvalue weighted by molar-refractivity contribution is 0.0934. The third-order valence-electron chi connectivity index (χ3n) is 3.87.